The average molecular weight is 300 g/mol. The summed E-state index contributed by atoms with van der Waals surface area (Å²) < 4.78 is 38.8. The zero-order chi connectivity index (χ0) is 15.6. The molecule has 2 N–H and O–H groups in total. The van der Waals surface area contributed by atoms with Gasteiger partial charge in [-0.1, -0.05) is 12.1 Å². The summed E-state index contributed by atoms with van der Waals surface area (Å²) in [7, 11) is 0. The Morgan fingerprint density at radius 2 is 2.05 bits per heavy atom. The molecule has 0 saturated heterocycles. The summed E-state index contributed by atoms with van der Waals surface area (Å²) in [6.07, 6.45) is -3.65. The van der Waals surface area contributed by atoms with Crippen molar-refractivity contribution in [2.45, 2.75) is 19.1 Å². The van der Waals surface area contributed by atoms with Crippen LogP contribution >= 0.6 is 0 Å². The van der Waals surface area contributed by atoms with Crippen LogP contribution < -0.4 is 5.56 Å². The Morgan fingerprint density at radius 1 is 1.33 bits per heavy atom. The molecule has 0 aliphatic carbocycles. The van der Waals surface area contributed by atoms with E-state index in [-0.39, 0.29) is 17.7 Å². The van der Waals surface area contributed by atoms with Crippen molar-refractivity contribution in [3.05, 3.63) is 57.5 Å². The molecule has 2 rings (SSSR count). The molecule has 112 valence electrons. The number of aromatic nitrogens is 2. The molecule has 0 radical (unpaired) electrons. The number of benzene rings is 1. The molecule has 0 amide bonds. The Bertz CT molecular complexity index is 716. The number of alkyl halides is 3. The van der Waals surface area contributed by atoms with Gasteiger partial charge in [0.05, 0.1) is 18.5 Å². The molecule has 0 bridgehead atoms. The van der Waals surface area contributed by atoms with Gasteiger partial charge in [-0.25, -0.2) is 4.68 Å². The molecule has 0 aliphatic rings. The van der Waals surface area contributed by atoms with E-state index < -0.39 is 29.7 Å². The number of carboxylic acids is 1. The van der Waals surface area contributed by atoms with E-state index in [9.17, 15) is 22.8 Å². The number of nitrogens with zero attached hydrogens (tertiary/aromatic N) is 1. The van der Waals surface area contributed by atoms with Crippen LogP contribution in [0.2, 0.25) is 0 Å². The standard InChI is InChI=1S/C13H11F3N2O3/c14-13(15,16)10-3-1-2-8(4-10)7-18-12(21)9(6-17-18)5-11(19)20/h1-4,6,17H,5,7H2,(H,19,20). The highest BCUT2D eigenvalue weighted by atomic mass is 19.4. The summed E-state index contributed by atoms with van der Waals surface area (Å²) in [6.45, 7) is -0.0949. The van der Waals surface area contributed by atoms with Crippen LogP contribution in [0, 0.1) is 0 Å². The molecule has 0 aliphatic heterocycles. The number of hydrogen-bond acceptors (Lipinski definition) is 2. The first-order valence-corrected chi connectivity index (χ1v) is 5.92. The van der Waals surface area contributed by atoms with E-state index in [1.807, 2.05) is 0 Å². The molecule has 0 spiro atoms. The Morgan fingerprint density at radius 3 is 2.67 bits per heavy atom. The normalized spacial score (nSPS) is 11.6. The minimum atomic E-state index is -4.45. The first kappa shape index (κ1) is 14.9. The zero-order valence-corrected chi connectivity index (χ0v) is 10.6. The average Bonchev–Trinajstić information content (AvgIpc) is 2.70. The van der Waals surface area contributed by atoms with Crippen LogP contribution in [0.4, 0.5) is 13.2 Å². The van der Waals surface area contributed by atoms with Gasteiger partial charge in [-0.2, -0.15) is 13.2 Å². The lowest BCUT2D eigenvalue weighted by Gasteiger charge is -2.08. The maximum atomic E-state index is 12.6. The second-order valence-electron chi connectivity index (χ2n) is 4.46. The number of rotatable bonds is 4. The SMILES string of the molecule is O=C(O)Cc1c[nH]n(Cc2cccc(C(F)(F)F)c2)c1=O. The number of aliphatic carboxylic acids is 1. The van der Waals surface area contributed by atoms with E-state index in [1.54, 1.807) is 0 Å². The molecule has 21 heavy (non-hydrogen) atoms. The molecule has 0 fully saturated rings. The van der Waals surface area contributed by atoms with E-state index in [0.717, 1.165) is 16.8 Å². The zero-order valence-electron chi connectivity index (χ0n) is 10.6. The summed E-state index contributed by atoms with van der Waals surface area (Å²) in [5.41, 5.74) is -1.02. The van der Waals surface area contributed by atoms with Crippen molar-refractivity contribution < 1.29 is 23.1 Å². The van der Waals surface area contributed by atoms with E-state index in [4.69, 9.17) is 5.11 Å². The second-order valence-corrected chi connectivity index (χ2v) is 4.46. The lowest BCUT2D eigenvalue weighted by Crippen LogP contribution is -2.21. The van der Waals surface area contributed by atoms with Crippen molar-refractivity contribution in [1.29, 1.82) is 0 Å². The fourth-order valence-corrected chi connectivity index (χ4v) is 1.89. The first-order chi connectivity index (χ1) is 9.77. The van der Waals surface area contributed by atoms with Crippen LogP contribution in [-0.4, -0.2) is 20.9 Å². The molecule has 1 heterocycles. The quantitative estimate of drug-likeness (QED) is 0.905. The Hall–Kier alpha value is -2.51. The molecule has 5 nitrogen and oxygen atoms in total. The van der Waals surface area contributed by atoms with Crippen LogP contribution in [0.3, 0.4) is 0 Å². The van der Waals surface area contributed by atoms with Crippen molar-refractivity contribution in [3.8, 4) is 0 Å². The number of H-pyrrole nitrogens is 1. The summed E-state index contributed by atoms with van der Waals surface area (Å²) >= 11 is 0. The van der Waals surface area contributed by atoms with Gasteiger partial charge in [0.1, 0.15) is 0 Å². The Balaban J connectivity index is 2.25. The monoisotopic (exact) mass is 300 g/mol. The Labute approximate surface area is 116 Å². The third-order valence-corrected chi connectivity index (χ3v) is 2.85. The van der Waals surface area contributed by atoms with Crippen LogP contribution in [0.1, 0.15) is 16.7 Å². The highest BCUT2D eigenvalue weighted by Crippen LogP contribution is 2.29. The number of nitrogens with one attached hydrogen (secondary N) is 1. The summed E-state index contributed by atoms with van der Waals surface area (Å²) in [6, 6.07) is 4.60. The molecule has 8 heteroatoms. The molecule has 0 unspecified atom stereocenters. The van der Waals surface area contributed by atoms with E-state index in [2.05, 4.69) is 5.10 Å². The van der Waals surface area contributed by atoms with Gasteiger partial charge in [-0.3, -0.25) is 9.59 Å². The van der Waals surface area contributed by atoms with Gasteiger partial charge in [0.15, 0.2) is 0 Å². The highest BCUT2D eigenvalue weighted by molar-refractivity contribution is 5.69. The predicted molar refractivity (Wildman–Crippen MR) is 66.9 cm³/mol. The third-order valence-electron chi connectivity index (χ3n) is 2.85. The number of carboxylic acid groups (broad SMARTS) is 1. The first-order valence-electron chi connectivity index (χ1n) is 5.92. The van der Waals surface area contributed by atoms with Crippen LogP contribution in [-0.2, 0) is 23.9 Å². The molecule has 1 aromatic heterocycles. The lowest BCUT2D eigenvalue weighted by molar-refractivity contribution is -0.138. The Kier molecular flexibility index (Phi) is 3.88. The molecule has 0 saturated carbocycles. The van der Waals surface area contributed by atoms with Gasteiger partial charge in [0.2, 0.25) is 0 Å². The predicted octanol–water partition coefficient (Wildman–Crippen LogP) is 1.87. The number of aromatic amines is 1. The number of halogens is 3. The maximum Gasteiger partial charge on any atom is 0.416 e. The van der Waals surface area contributed by atoms with E-state index in [0.29, 0.717) is 0 Å². The molecule has 1 aromatic carbocycles. The summed E-state index contributed by atoms with van der Waals surface area (Å²) in [4.78, 5) is 22.4. The molecular weight excluding hydrogens is 289 g/mol. The van der Waals surface area contributed by atoms with Crippen LogP contribution in [0.25, 0.3) is 0 Å². The third kappa shape index (κ3) is 3.53. The van der Waals surface area contributed by atoms with Gasteiger partial charge in [-0.15, -0.1) is 0 Å². The van der Waals surface area contributed by atoms with E-state index >= 15 is 0 Å². The van der Waals surface area contributed by atoms with Crippen molar-refractivity contribution in [2.75, 3.05) is 0 Å². The number of hydrogen-bond donors (Lipinski definition) is 2. The minimum Gasteiger partial charge on any atom is -0.481 e. The largest absolute Gasteiger partial charge is 0.481 e. The van der Waals surface area contributed by atoms with Crippen LogP contribution in [0.5, 0.6) is 0 Å². The topological polar surface area (TPSA) is 75.1 Å². The van der Waals surface area contributed by atoms with Crippen molar-refractivity contribution in [1.82, 2.24) is 9.78 Å². The fraction of sp³-hybridized carbons (Fsp3) is 0.231. The van der Waals surface area contributed by atoms with Gasteiger partial charge >= 0.3 is 12.1 Å². The minimum absolute atomic E-state index is 0.0504. The molecule has 2 aromatic rings. The van der Waals surface area contributed by atoms with Crippen molar-refractivity contribution in [3.63, 3.8) is 0 Å². The summed E-state index contributed by atoms with van der Waals surface area (Å²) in [5, 5.41) is 11.2. The van der Waals surface area contributed by atoms with Crippen LogP contribution in [0.15, 0.2) is 35.3 Å². The number of carbonyl (C=O) groups is 1. The summed E-state index contributed by atoms with van der Waals surface area (Å²) in [5.74, 6) is -1.16. The van der Waals surface area contributed by atoms with Gasteiger partial charge in [0.25, 0.3) is 5.56 Å². The van der Waals surface area contributed by atoms with Gasteiger partial charge < -0.3 is 10.2 Å². The van der Waals surface area contributed by atoms with Crippen molar-refractivity contribution >= 4 is 5.97 Å². The lowest BCUT2D eigenvalue weighted by atomic mass is 10.1. The molecule has 0 atom stereocenters. The fourth-order valence-electron chi connectivity index (χ4n) is 1.89. The molecular formula is C13H11F3N2O3. The second kappa shape index (κ2) is 5.47. The van der Waals surface area contributed by atoms with Gasteiger partial charge in [-0.05, 0) is 17.7 Å². The highest BCUT2D eigenvalue weighted by Gasteiger charge is 2.30. The maximum absolute atomic E-state index is 12.6. The van der Waals surface area contributed by atoms with Gasteiger partial charge in [0, 0.05) is 11.8 Å². The van der Waals surface area contributed by atoms with Crippen molar-refractivity contribution in [2.24, 2.45) is 0 Å². The van der Waals surface area contributed by atoms with E-state index in [1.165, 1.54) is 18.3 Å². The smallest absolute Gasteiger partial charge is 0.416 e.